The van der Waals surface area contributed by atoms with E-state index < -0.39 is 50.5 Å². The topological polar surface area (TPSA) is 162 Å². The average molecular weight is 571 g/mol. The summed E-state index contributed by atoms with van der Waals surface area (Å²) in [4.78, 5) is 59.5. The molecular weight excluding hydrogens is 559 g/mol. The highest BCUT2D eigenvalue weighted by molar-refractivity contribution is 9.10. The number of carbonyl (C=O) groups excluding carboxylic acids is 3. The monoisotopic (exact) mass is 570 g/mol. The van der Waals surface area contributed by atoms with Gasteiger partial charge in [0.1, 0.15) is 17.1 Å². The summed E-state index contributed by atoms with van der Waals surface area (Å²) in [6, 6.07) is 10.5. The minimum atomic E-state index is -1.04. The van der Waals surface area contributed by atoms with Crippen LogP contribution in [0.3, 0.4) is 0 Å². The van der Waals surface area contributed by atoms with Crippen LogP contribution in [0.1, 0.15) is 5.56 Å². The summed E-state index contributed by atoms with van der Waals surface area (Å²) in [6.45, 7) is 0. The van der Waals surface area contributed by atoms with E-state index in [9.17, 15) is 39.0 Å². The van der Waals surface area contributed by atoms with Gasteiger partial charge in [0.2, 0.25) is 5.75 Å². The Morgan fingerprint density at radius 1 is 0.919 bits per heavy atom. The number of carbonyl (C=O) groups is 3. The van der Waals surface area contributed by atoms with Gasteiger partial charge in [-0.25, -0.2) is 14.1 Å². The van der Waals surface area contributed by atoms with Gasteiger partial charge in [0.05, 0.1) is 21.6 Å². The van der Waals surface area contributed by atoms with Crippen molar-refractivity contribution in [3.8, 4) is 11.5 Å². The number of non-ortho nitro benzene ring substituents is 1. The molecule has 1 aliphatic rings. The molecule has 1 N–H and O–H groups in total. The average Bonchev–Trinajstić information content (AvgIpc) is 2.84. The Hall–Kier alpha value is -4.98. The number of hydrogen-bond donors (Lipinski definition) is 1. The van der Waals surface area contributed by atoms with Crippen LogP contribution in [-0.2, 0) is 9.59 Å². The summed E-state index contributed by atoms with van der Waals surface area (Å²) in [5.41, 5.74) is -1.57. The van der Waals surface area contributed by atoms with E-state index >= 15 is 0 Å². The number of nitro benzene ring substituents is 2. The van der Waals surface area contributed by atoms with Crippen molar-refractivity contribution in [3.05, 3.63) is 102 Å². The SMILES string of the molecule is O=C1NC(=O)N(c2ccc(F)cc2)C(=O)/C1=C/c1cc(Br)ccc1Oc1ccc([N+](=O)[O-])cc1[N+](=O)[O-]. The first-order chi connectivity index (χ1) is 17.5. The normalized spacial score (nSPS) is 14.5. The number of anilines is 1. The largest absolute Gasteiger partial charge is 0.449 e. The van der Waals surface area contributed by atoms with Gasteiger partial charge < -0.3 is 4.74 Å². The van der Waals surface area contributed by atoms with Crippen LogP contribution in [0.5, 0.6) is 11.5 Å². The van der Waals surface area contributed by atoms with Crippen LogP contribution in [0, 0.1) is 26.0 Å². The second-order valence-electron chi connectivity index (χ2n) is 7.38. The van der Waals surface area contributed by atoms with Gasteiger partial charge in [-0.15, -0.1) is 0 Å². The Labute approximate surface area is 214 Å². The predicted molar refractivity (Wildman–Crippen MR) is 129 cm³/mol. The number of imide groups is 2. The molecule has 14 heteroatoms. The standard InChI is InChI=1S/C23H12BrFN4O8/c24-13-1-7-19(37-20-8-6-16(28(33)34)11-18(20)29(35)36)12(9-13)10-17-21(30)26-23(32)27(22(17)31)15-4-2-14(25)3-5-15/h1-11H,(H,26,30,32)/b17-10+. The first kappa shape index (κ1) is 25.1. The molecule has 37 heavy (non-hydrogen) atoms. The molecular formula is C23H12BrFN4O8. The number of nitro groups is 2. The molecule has 0 aromatic heterocycles. The molecule has 0 atom stereocenters. The molecule has 12 nitrogen and oxygen atoms in total. The summed E-state index contributed by atoms with van der Waals surface area (Å²) in [5, 5.41) is 24.5. The van der Waals surface area contributed by atoms with Crippen LogP contribution in [0.2, 0.25) is 0 Å². The summed E-state index contributed by atoms with van der Waals surface area (Å²) >= 11 is 3.25. The quantitative estimate of drug-likeness (QED) is 0.190. The Bertz CT molecular complexity index is 1520. The maximum absolute atomic E-state index is 13.3. The first-order valence-corrected chi connectivity index (χ1v) is 10.9. The molecule has 3 aromatic carbocycles. The van der Waals surface area contributed by atoms with Crippen LogP contribution in [-0.4, -0.2) is 27.7 Å². The third-order valence-electron chi connectivity index (χ3n) is 5.03. The van der Waals surface area contributed by atoms with Crippen molar-refractivity contribution in [2.24, 2.45) is 0 Å². The molecule has 0 radical (unpaired) electrons. The Morgan fingerprint density at radius 2 is 1.59 bits per heavy atom. The predicted octanol–water partition coefficient (Wildman–Crippen LogP) is 4.86. The minimum absolute atomic E-state index is 0.00882. The molecule has 0 saturated carbocycles. The summed E-state index contributed by atoms with van der Waals surface area (Å²) < 4.78 is 19.5. The van der Waals surface area contributed by atoms with E-state index in [2.05, 4.69) is 15.9 Å². The van der Waals surface area contributed by atoms with Gasteiger partial charge in [0, 0.05) is 16.1 Å². The molecule has 3 aromatic rings. The Balaban J connectivity index is 1.76. The zero-order valence-electron chi connectivity index (χ0n) is 18.2. The lowest BCUT2D eigenvalue weighted by Gasteiger charge is -2.26. The molecule has 4 rings (SSSR count). The van der Waals surface area contributed by atoms with Gasteiger partial charge in [-0.05, 0) is 54.6 Å². The fraction of sp³-hybridized carbons (Fsp3) is 0. The highest BCUT2D eigenvalue weighted by Crippen LogP contribution is 2.37. The first-order valence-electron chi connectivity index (χ1n) is 10.1. The number of nitrogens with zero attached hydrogens (tertiary/aromatic N) is 3. The van der Waals surface area contributed by atoms with Crippen molar-refractivity contribution in [1.82, 2.24) is 5.32 Å². The number of rotatable bonds is 6. The maximum Gasteiger partial charge on any atom is 0.335 e. The lowest BCUT2D eigenvalue weighted by Crippen LogP contribution is -2.54. The molecule has 1 saturated heterocycles. The second-order valence-corrected chi connectivity index (χ2v) is 8.30. The third kappa shape index (κ3) is 5.18. The molecule has 4 amide bonds. The Kier molecular flexibility index (Phi) is 6.75. The van der Waals surface area contributed by atoms with E-state index in [0.29, 0.717) is 9.37 Å². The molecule has 1 heterocycles. The summed E-state index contributed by atoms with van der Waals surface area (Å²) in [5.74, 6) is -3.00. The van der Waals surface area contributed by atoms with E-state index in [4.69, 9.17) is 4.74 Å². The Morgan fingerprint density at radius 3 is 2.24 bits per heavy atom. The number of ether oxygens (including phenoxy) is 1. The van der Waals surface area contributed by atoms with Gasteiger partial charge in [0.25, 0.3) is 17.5 Å². The fourth-order valence-corrected chi connectivity index (χ4v) is 3.71. The van der Waals surface area contributed by atoms with Crippen LogP contribution < -0.4 is 15.0 Å². The highest BCUT2D eigenvalue weighted by Gasteiger charge is 2.37. The lowest BCUT2D eigenvalue weighted by molar-refractivity contribution is -0.394. The number of benzene rings is 3. The van der Waals surface area contributed by atoms with Crippen LogP contribution >= 0.6 is 15.9 Å². The number of halogens is 2. The third-order valence-corrected chi connectivity index (χ3v) is 5.52. The smallest absolute Gasteiger partial charge is 0.335 e. The summed E-state index contributed by atoms with van der Waals surface area (Å²) in [6.07, 6.45) is 1.11. The lowest BCUT2D eigenvalue weighted by atomic mass is 10.1. The number of amides is 4. The maximum atomic E-state index is 13.3. The summed E-state index contributed by atoms with van der Waals surface area (Å²) in [7, 11) is 0. The van der Waals surface area contributed by atoms with Gasteiger partial charge in [-0.3, -0.25) is 35.1 Å². The van der Waals surface area contributed by atoms with Crippen molar-refractivity contribution < 1.29 is 33.4 Å². The zero-order valence-corrected chi connectivity index (χ0v) is 19.8. The molecule has 0 aliphatic carbocycles. The zero-order chi connectivity index (χ0) is 26.9. The van der Waals surface area contributed by atoms with Crippen LogP contribution in [0.4, 0.5) is 26.2 Å². The second kappa shape index (κ2) is 9.94. The molecule has 186 valence electrons. The fourth-order valence-electron chi connectivity index (χ4n) is 3.33. The highest BCUT2D eigenvalue weighted by atomic mass is 79.9. The van der Waals surface area contributed by atoms with Gasteiger partial charge in [-0.1, -0.05) is 15.9 Å². The van der Waals surface area contributed by atoms with Crippen molar-refractivity contribution in [2.45, 2.75) is 0 Å². The number of urea groups is 1. The van der Waals surface area contributed by atoms with Gasteiger partial charge in [-0.2, -0.15) is 0 Å². The van der Waals surface area contributed by atoms with Crippen molar-refractivity contribution >= 4 is 56.9 Å². The van der Waals surface area contributed by atoms with E-state index in [1.54, 1.807) is 0 Å². The molecule has 0 bridgehead atoms. The van der Waals surface area contributed by atoms with E-state index in [-0.39, 0.29) is 22.7 Å². The van der Waals surface area contributed by atoms with E-state index in [1.165, 1.54) is 30.3 Å². The molecule has 0 spiro atoms. The van der Waals surface area contributed by atoms with Crippen LogP contribution in [0.15, 0.2) is 70.7 Å². The van der Waals surface area contributed by atoms with E-state index in [1.807, 2.05) is 5.32 Å². The van der Waals surface area contributed by atoms with Crippen molar-refractivity contribution in [2.75, 3.05) is 4.90 Å². The van der Waals surface area contributed by atoms with E-state index in [0.717, 1.165) is 36.4 Å². The van der Waals surface area contributed by atoms with Crippen LogP contribution in [0.25, 0.3) is 6.08 Å². The van der Waals surface area contributed by atoms with Gasteiger partial charge in [0.15, 0.2) is 0 Å². The number of hydrogen-bond acceptors (Lipinski definition) is 8. The number of barbiturate groups is 1. The number of nitrogens with one attached hydrogen (secondary N) is 1. The molecule has 0 unspecified atom stereocenters. The van der Waals surface area contributed by atoms with Crippen molar-refractivity contribution in [3.63, 3.8) is 0 Å². The van der Waals surface area contributed by atoms with Gasteiger partial charge >= 0.3 is 11.7 Å². The molecule has 1 fully saturated rings. The van der Waals surface area contributed by atoms with Crippen molar-refractivity contribution in [1.29, 1.82) is 0 Å². The minimum Gasteiger partial charge on any atom is -0.449 e. The molecule has 1 aliphatic heterocycles.